The van der Waals surface area contributed by atoms with Gasteiger partial charge in [-0.2, -0.15) is 0 Å². The lowest BCUT2D eigenvalue weighted by Gasteiger charge is -2.33. The van der Waals surface area contributed by atoms with Crippen LogP contribution in [0.5, 0.6) is 0 Å². The van der Waals surface area contributed by atoms with Gasteiger partial charge in [0.1, 0.15) is 29.1 Å². The summed E-state index contributed by atoms with van der Waals surface area (Å²) in [5.41, 5.74) is 1.93. The number of aryl methyl sites for hydroxylation is 4. The van der Waals surface area contributed by atoms with Crippen LogP contribution in [0.15, 0.2) is 10.6 Å². The van der Waals surface area contributed by atoms with Gasteiger partial charge in [-0.1, -0.05) is 5.16 Å². The Labute approximate surface area is 141 Å². The van der Waals surface area contributed by atoms with Crippen LogP contribution in [0.25, 0.3) is 0 Å². The summed E-state index contributed by atoms with van der Waals surface area (Å²) in [5, 5.41) is 3.81. The fraction of sp³-hybridized carbons (Fsp3) is 0.529. The van der Waals surface area contributed by atoms with Crippen molar-refractivity contribution in [1.82, 2.24) is 15.1 Å². The second-order valence-electron chi connectivity index (χ2n) is 6.23. The Morgan fingerprint density at radius 2 is 2.08 bits per heavy atom. The smallest absolute Gasteiger partial charge is 0.344 e. The first-order chi connectivity index (χ1) is 11.4. The summed E-state index contributed by atoms with van der Waals surface area (Å²) in [7, 11) is 0. The van der Waals surface area contributed by atoms with Crippen molar-refractivity contribution in [2.75, 3.05) is 18.0 Å². The first-order valence-electron chi connectivity index (χ1n) is 8.15. The maximum Gasteiger partial charge on any atom is 0.344 e. The highest BCUT2D eigenvalue weighted by atomic mass is 16.5. The van der Waals surface area contributed by atoms with Gasteiger partial charge in [0, 0.05) is 18.3 Å². The molecule has 1 aliphatic heterocycles. The minimum absolute atomic E-state index is 0.171. The molecular formula is C17H22N4O3. The molecule has 3 heterocycles. The molecule has 24 heavy (non-hydrogen) atoms. The third kappa shape index (κ3) is 3.39. The number of esters is 1. The molecule has 0 unspecified atom stereocenters. The number of aromatic nitrogens is 3. The standard InChI is InChI=1S/C17H22N4O3/c1-10-8-15(19-13(4)18-10)21-7-5-6-14(9-21)23-17(22)16-11(2)20-24-12(16)3/h8,14H,5-7,9H2,1-4H3/t14-/m0/s1. The Morgan fingerprint density at radius 1 is 1.29 bits per heavy atom. The number of hydrogen-bond acceptors (Lipinski definition) is 7. The molecule has 1 atom stereocenters. The lowest BCUT2D eigenvalue weighted by Crippen LogP contribution is -2.41. The van der Waals surface area contributed by atoms with Gasteiger partial charge in [0.25, 0.3) is 0 Å². The molecule has 0 amide bonds. The van der Waals surface area contributed by atoms with E-state index in [-0.39, 0.29) is 12.1 Å². The van der Waals surface area contributed by atoms with E-state index in [1.54, 1.807) is 13.8 Å². The zero-order valence-electron chi connectivity index (χ0n) is 14.5. The molecule has 0 aromatic carbocycles. The second kappa shape index (κ2) is 6.59. The van der Waals surface area contributed by atoms with Crippen molar-refractivity contribution < 1.29 is 14.1 Å². The molecule has 0 N–H and O–H groups in total. The molecule has 1 fully saturated rings. The Morgan fingerprint density at radius 3 is 2.75 bits per heavy atom. The zero-order valence-corrected chi connectivity index (χ0v) is 14.5. The van der Waals surface area contributed by atoms with Crippen molar-refractivity contribution in [1.29, 1.82) is 0 Å². The van der Waals surface area contributed by atoms with E-state index in [9.17, 15) is 4.79 Å². The largest absolute Gasteiger partial charge is 0.457 e. The van der Waals surface area contributed by atoms with Gasteiger partial charge in [-0.15, -0.1) is 0 Å². The Kier molecular flexibility index (Phi) is 4.51. The van der Waals surface area contributed by atoms with E-state index in [0.717, 1.165) is 36.7 Å². The molecule has 7 heteroatoms. The zero-order chi connectivity index (χ0) is 17.3. The Balaban J connectivity index is 1.71. The number of carbonyl (C=O) groups is 1. The molecule has 1 saturated heterocycles. The van der Waals surface area contributed by atoms with E-state index in [0.29, 0.717) is 23.6 Å². The maximum atomic E-state index is 12.4. The van der Waals surface area contributed by atoms with Crippen molar-refractivity contribution in [3.63, 3.8) is 0 Å². The number of hydrogen-bond donors (Lipinski definition) is 0. The number of nitrogens with zero attached hydrogens (tertiary/aromatic N) is 4. The number of rotatable bonds is 3. The van der Waals surface area contributed by atoms with Gasteiger partial charge in [-0.05, 0) is 40.5 Å². The van der Waals surface area contributed by atoms with E-state index in [2.05, 4.69) is 20.0 Å². The average Bonchev–Trinajstić information content (AvgIpc) is 2.85. The van der Waals surface area contributed by atoms with E-state index in [1.807, 2.05) is 19.9 Å². The van der Waals surface area contributed by atoms with E-state index in [1.165, 1.54) is 0 Å². The molecule has 0 aliphatic carbocycles. The minimum atomic E-state index is -0.367. The van der Waals surface area contributed by atoms with E-state index < -0.39 is 0 Å². The Bertz CT molecular complexity index is 717. The van der Waals surface area contributed by atoms with Crippen molar-refractivity contribution in [2.24, 2.45) is 0 Å². The number of anilines is 1. The molecule has 0 spiro atoms. The molecule has 2 aromatic heterocycles. The monoisotopic (exact) mass is 330 g/mol. The highest BCUT2D eigenvalue weighted by molar-refractivity contribution is 5.91. The van der Waals surface area contributed by atoms with Crippen molar-refractivity contribution in [2.45, 2.75) is 46.6 Å². The van der Waals surface area contributed by atoms with Gasteiger partial charge in [0.05, 0.1) is 12.2 Å². The quantitative estimate of drug-likeness (QED) is 0.800. The third-order valence-electron chi connectivity index (χ3n) is 4.17. The summed E-state index contributed by atoms with van der Waals surface area (Å²) in [5.74, 6) is 1.76. The lowest BCUT2D eigenvalue weighted by molar-refractivity contribution is 0.0266. The number of carbonyl (C=O) groups excluding carboxylic acids is 1. The molecule has 1 aliphatic rings. The van der Waals surface area contributed by atoms with Crippen LogP contribution in [-0.2, 0) is 4.74 Å². The first-order valence-corrected chi connectivity index (χ1v) is 8.15. The summed E-state index contributed by atoms with van der Waals surface area (Å²) >= 11 is 0. The summed E-state index contributed by atoms with van der Waals surface area (Å²) < 4.78 is 10.7. The minimum Gasteiger partial charge on any atom is -0.457 e. The third-order valence-corrected chi connectivity index (χ3v) is 4.17. The SMILES string of the molecule is Cc1cc(N2CCC[C@H](OC(=O)c3c(C)noc3C)C2)nc(C)n1. The van der Waals surface area contributed by atoms with Gasteiger partial charge in [0.15, 0.2) is 0 Å². The van der Waals surface area contributed by atoms with Crippen LogP contribution < -0.4 is 4.90 Å². The van der Waals surface area contributed by atoms with Crippen LogP contribution in [0.2, 0.25) is 0 Å². The fourth-order valence-electron chi connectivity index (χ4n) is 3.09. The van der Waals surface area contributed by atoms with Gasteiger partial charge < -0.3 is 14.2 Å². The topological polar surface area (TPSA) is 81.4 Å². The molecule has 128 valence electrons. The van der Waals surface area contributed by atoms with Gasteiger partial charge in [-0.3, -0.25) is 0 Å². The highest BCUT2D eigenvalue weighted by Crippen LogP contribution is 2.22. The van der Waals surface area contributed by atoms with Crippen molar-refractivity contribution in [3.8, 4) is 0 Å². The van der Waals surface area contributed by atoms with E-state index in [4.69, 9.17) is 9.26 Å². The van der Waals surface area contributed by atoms with Gasteiger partial charge >= 0.3 is 5.97 Å². The summed E-state index contributed by atoms with van der Waals surface area (Å²) in [6.07, 6.45) is 1.62. The highest BCUT2D eigenvalue weighted by Gasteiger charge is 2.27. The molecule has 0 radical (unpaired) electrons. The maximum absolute atomic E-state index is 12.4. The van der Waals surface area contributed by atoms with Crippen molar-refractivity contribution >= 4 is 11.8 Å². The summed E-state index contributed by atoms with van der Waals surface area (Å²) in [4.78, 5) is 23.4. The van der Waals surface area contributed by atoms with Crippen LogP contribution >= 0.6 is 0 Å². The van der Waals surface area contributed by atoms with Crippen molar-refractivity contribution in [3.05, 3.63) is 34.6 Å². The second-order valence-corrected chi connectivity index (χ2v) is 6.23. The predicted molar refractivity (Wildman–Crippen MR) is 88.1 cm³/mol. The van der Waals surface area contributed by atoms with E-state index >= 15 is 0 Å². The summed E-state index contributed by atoms with van der Waals surface area (Å²) in [6.45, 7) is 8.83. The molecule has 3 rings (SSSR count). The fourth-order valence-corrected chi connectivity index (χ4v) is 3.09. The van der Waals surface area contributed by atoms with Gasteiger partial charge in [-0.25, -0.2) is 14.8 Å². The molecule has 2 aromatic rings. The molecule has 0 saturated carbocycles. The molecular weight excluding hydrogens is 308 g/mol. The summed E-state index contributed by atoms with van der Waals surface area (Å²) in [6, 6.07) is 1.96. The van der Waals surface area contributed by atoms with Crippen LogP contribution in [0.3, 0.4) is 0 Å². The van der Waals surface area contributed by atoms with Crippen LogP contribution in [0, 0.1) is 27.7 Å². The van der Waals surface area contributed by atoms with Crippen LogP contribution in [0.1, 0.15) is 46.2 Å². The number of ether oxygens (including phenoxy) is 1. The average molecular weight is 330 g/mol. The Hall–Kier alpha value is -2.44. The molecule has 7 nitrogen and oxygen atoms in total. The van der Waals surface area contributed by atoms with Crippen LogP contribution in [-0.4, -0.2) is 40.3 Å². The lowest BCUT2D eigenvalue weighted by atomic mass is 10.1. The van der Waals surface area contributed by atoms with Crippen LogP contribution in [0.4, 0.5) is 5.82 Å². The van der Waals surface area contributed by atoms with Gasteiger partial charge in [0.2, 0.25) is 0 Å². The molecule has 0 bridgehead atoms. The number of piperidine rings is 1. The normalized spacial score (nSPS) is 17.8. The first kappa shape index (κ1) is 16.4. The predicted octanol–water partition coefficient (Wildman–Crippen LogP) is 2.52.